The van der Waals surface area contributed by atoms with Crippen molar-refractivity contribution in [1.29, 1.82) is 0 Å². The van der Waals surface area contributed by atoms with Gasteiger partial charge in [0.15, 0.2) is 0 Å². The zero-order chi connectivity index (χ0) is 21.6. The highest BCUT2D eigenvalue weighted by Crippen LogP contribution is 2.28. The average Bonchev–Trinajstić information content (AvgIpc) is 3.17. The SMILES string of the molecule is CCOC(=O)N1CCC(NC(=O)CCn2c(-c3ccccc3)cc3ccccc32)CC1. The van der Waals surface area contributed by atoms with Crippen LogP contribution in [0.3, 0.4) is 0 Å². The molecule has 0 unspecified atom stereocenters. The molecule has 0 spiro atoms. The van der Waals surface area contributed by atoms with Crippen LogP contribution in [-0.4, -0.2) is 47.2 Å². The molecule has 1 aliphatic heterocycles. The fourth-order valence-electron chi connectivity index (χ4n) is 4.23. The van der Waals surface area contributed by atoms with Crippen molar-refractivity contribution in [2.24, 2.45) is 0 Å². The summed E-state index contributed by atoms with van der Waals surface area (Å²) in [5.74, 6) is 0.0476. The summed E-state index contributed by atoms with van der Waals surface area (Å²) in [7, 11) is 0. The van der Waals surface area contributed by atoms with Crippen molar-refractivity contribution in [2.45, 2.75) is 38.8 Å². The van der Waals surface area contributed by atoms with Gasteiger partial charge in [0.25, 0.3) is 0 Å². The third-order valence-electron chi connectivity index (χ3n) is 5.83. The number of nitrogens with zero attached hydrogens (tertiary/aromatic N) is 2. The number of aryl methyl sites for hydroxylation is 1. The van der Waals surface area contributed by atoms with Crippen LogP contribution in [0.1, 0.15) is 26.2 Å². The third-order valence-corrected chi connectivity index (χ3v) is 5.83. The van der Waals surface area contributed by atoms with E-state index >= 15 is 0 Å². The summed E-state index contributed by atoms with van der Waals surface area (Å²) in [6.45, 7) is 4.04. The molecule has 1 fully saturated rings. The Hall–Kier alpha value is -3.28. The molecular formula is C25H29N3O3. The molecule has 4 rings (SSSR count). The summed E-state index contributed by atoms with van der Waals surface area (Å²) in [5.41, 5.74) is 3.40. The minimum atomic E-state index is -0.264. The summed E-state index contributed by atoms with van der Waals surface area (Å²) in [6, 6.07) is 20.9. The summed E-state index contributed by atoms with van der Waals surface area (Å²) in [6.07, 6.45) is 1.66. The number of hydrogen-bond acceptors (Lipinski definition) is 3. The first-order valence-corrected chi connectivity index (χ1v) is 11.0. The number of para-hydroxylation sites is 1. The third kappa shape index (κ3) is 4.90. The molecule has 6 heteroatoms. The first-order valence-electron chi connectivity index (χ1n) is 11.0. The highest BCUT2D eigenvalue weighted by atomic mass is 16.6. The first kappa shape index (κ1) is 21.0. The second kappa shape index (κ2) is 9.69. The number of rotatable bonds is 6. The minimum Gasteiger partial charge on any atom is -0.450 e. The van der Waals surface area contributed by atoms with Gasteiger partial charge in [-0.2, -0.15) is 0 Å². The quantitative estimate of drug-likeness (QED) is 0.643. The lowest BCUT2D eigenvalue weighted by molar-refractivity contribution is -0.122. The van der Waals surface area contributed by atoms with Crippen molar-refractivity contribution in [3.05, 3.63) is 60.7 Å². The van der Waals surface area contributed by atoms with E-state index in [1.165, 1.54) is 5.39 Å². The van der Waals surface area contributed by atoms with Gasteiger partial charge in [0.2, 0.25) is 5.91 Å². The first-order chi connectivity index (χ1) is 15.2. The van der Waals surface area contributed by atoms with Crippen molar-refractivity contribution < 1.29 is 14.3 Å². The van der Waals surface area contributed by atoms with E-state index in [-0.39, 0.29) is 18.0 Å². The molecule has 1 aromatic heterocycles. The average molecular weight is 420 g/mol. The molecule has 2 aromatic carbocycles. The lowest BCUT2D eigenvalue weighted by Crippen LogP contribution is -2.46. The van der Waals surface area contributed by atoms with Gasteiger partial charge in [-0.25, -0.2) is 4.79 Å². The molecule has 3 aromatic rings. The molecule has 0 aliphatic carbocycles. The molecule has 6 nitrogen and oxygen atoms in total. The largest absolute Gasteiger partial charge is 0.450 e. The summed E-state index contributed by atoms with van der Waals surface area (Å²) >= 11 is 0. The molecule has 0 radical (unpaired) electrons. The number of ether oxygens (including phenoxy) is 1. The highest BCUT2D eigenvalue weighted by molar-refractivity contribution is 5.87. The summed E-state index contributed by atoms with van der Waals surface area (Å²) in [5, 5.41) is 4.32. The molecular weight excluding hydrogens is 390 g/mol. The van der Waals surface area contributed by atoms with Crippen LogP contribution in [0.5, 0.6) is 0 Å². The Morgan fingerprint density at radius 2 is 1.74 bits per heavy atom. The maximum Gasteiger partial charge on any atom is 0.409 e. The van der Waals surface area contributed by atoms with Crippen LogP contribution in [0.25, 0.3) is 22.2 Å². The normalized spacial score (nSPS) is 14.5. The molecule has 1 aliphatic rings. The predicted octanol–water partition coefficient (Wildman–Crippen LogP) is 4.44. The smallest absolute Gasteiger partial charge is 0.409 e. The number of hydrogen-bond donors (Lipinski definition) is 1. The second-order valence-corrected chi connectivity index (χ2v) is 7.88. The Kier molecular flexibility index (Phi) is 6.55. The maximum atomic E-state index is 12.7. The highest BCUT2D eigenvalue weighted by Gasteiger charge is 2.24. The standard InChI is InChI=1S/C25H29N3O3/c1-2-31-25(30)27-15-12-21(13-16-27)26-24(29)14-17-28-22-11-7-6-10-20(22)18-23(28)19-8-4-3-5-9-19/h3-11,18,21H,2,12-17H2,1H3,(H,26,29). The van der Waals surface area contributed by atoms with Crippen LogP contribution >= 0.6 is 0 Å². The van der Waals surface area contributed by atoms with Gasteiger partial charge < -0.3 is 19.5 Å². The van der Waals surface area contributed by atoms with Crippen LogP contribution in [0.2, 0.25) is 0 Å². The van der Waals surface area contributed by atoms with Crippen molar-refractivity contribution in [1.82, 2.24) is 14.8 Å². The maximum absolute atomic E-state index is 12.7. The number of fused-ring (bicyclic) bond motifs is 1. The van der Waals surface area contributed by atoms with Crippen LogP contribution < -0.4 is 5.32 Å². The lowest BCUT2D eigenvalue weighted by atomic mass is 10.1. The Morgan fingerprint density at radius 1 is 1.03 bits per heavy atom. The molecule has 0 bridgehead atoms. The summed E-state index contributed by atoms with van der Waals surface area (Å²) < 4.78 is 7.29. The fraction of sp³-hybridized carbons (Fsp3) is 0.360. The van der Waals surface area contributed by atoms with Crippen LogP contribution in [0, 0.1) is 0 Å². The predicted molar refractivity (Wildman–Crippen MR) is 122 cm³/mol. The van der Waals surface area contributed by atoms with E-state index in [2.05, 4.69) is 40.2 Å². The number of piperidine rings is 1. The Morgan fingerprint density at radius 3 is 2.48 bits per heavy atom. The summed E-state index contributed by atoms with van der Waals surface area (Å²) in [4.78, 5) is 26.2. The van der Waals surface area contributed by atoms with E-state index in [0.717, 1.165) is 29.6 Å². The van der Waals surface area contributed by atoms with Crippen LogP contribution in [0.15, 0.2) is 60.7 Å². The molecule has 1 N–H and O–H groups in total. The zero-order valence-electron chi connectivity index (χ0n) is 17.9. The minimum absolute atomic E-state index is 0.0476. The number of aromatic nitrogens is 1. The van der Waals surface area contributed by atoms with E-state index in [0.29, 0.717) is 32.7 Å². The van der Waals surface area contributed by atoms with Crippen molar-refractivity contribution in [3.63, 3.8) is 0 Å². The number of benzene rings is 2. The van der Waals surface area contributed by atoms with Crippen molar-refractivity contribution in [2.75, 3.05) is 19.7 Å². The van der Waals surface area contributed by atoms with Gasteiger partial charge in [-0.3, -0.25) is 4.79 Å². The van der Waals surface area contributed by atoms with Gasteiger partial charge in [-0.15, -0.1) is 0 Å². The molecule has 0 saturated carbocycles. The van der Waals surface area contributed by atoms with E-state index < -0.39 is 0 Å². The van der Waals surface area contributed by atoms with Gasteiger partial charge in [0, 0.05) is 48.7 Å². The monoisotopic (exact) mass is 419 g/mol. The van der Waals surface area contributed by atoms with Gasteiger partial charge in [0.05, 0.1) is 6.61 Å². The number of amides is 2. The van der Waals surface area contributed by atoms with Gasteiger partial charge >= 0.3 is 6.09 Å². The Balaban J connectivity index is 1.38. The Bertz CT molecular complexity index is 1040. The molecule has 2 heterocycles. The van der Waals surface area contributed by atoms with Gasteiger partial charge in [-0.1, -0.05) is 48.5 Å². The van der Waals surface area contributed by atoms with E-state index in [1.54, 1.807) is 4.90 Å². The van der Waals surface area contributed by atoms with Crippen molar-refractivity contribution >= 4 is 22.9 Å². The van der Waals surface area contributed by atoms with E-state index in [4.69, 9.17) is 4.74 Å². The molecule has 0 atom stereocenters. The van der Waals surface area contributed by atoms with Crippen LogP contribution in [0.4, 0.5) is 4.79 Å². The molecule has 162 valence electrons. The molecule has 31 heavy (non-hydrogen) atoms. The topological polar surface area (TPSA) is 63.6 Å². The van der Waals surface area contributed by atoms with E-state index in [1.807, 2.05) is 37.3 Å². The number of likely N-dealkylation sites (tertiary alicyclic amines) is 1. The zero-order valence-corrected chi connectivity index (χ0v) is 17.9. The lowest BCUT2D eigenvalue weighted by Gasteiger charge is -2.31. The van der Waals surface area contributed by atoms with Gasteiger partial charge in [0.1, 0.15) is 0 Å². The second-order valence-electron chi connectivity index (χ2n) is 7.88. The van der Waals surface area contributed by atoms with Crippen LogP contribution in [-0.2, 0) is 16.1 Å². The van der Waals surface area contributed by atoms with E-state index in [9.17, 15) is 9.59 Å². The Labute approximate surface area is 182 Å². The molecule has 2 amide bonds. The number of nitrogens with one attached hydrogen (secondary N) is 1. The number of carbonyl (C=O) groups excluding carboxylic acids is 2. The van der Waals surface area contributed by atoms with Gasteiger partial charge in [-0.05, 0) is 37.5 Å². The molecule has 1 saturated heterocycles. The van der Waals surface area contributed by atoms with Crippen molar-refractivity contribution in [3.8, 4) is 11.3 Å². The number of carbonyl (C=O) groups is 2. The fourth-order valence-corrected chi connectivity index (χ4v) is 4.23.